The third-order valence-electron chi connectivity index (χ3n) is 4.84. The number of hydrogen-bond donors (Lipinski definition) is 1. The molecule has 0 spiro atoms. The van der Waals surface area contributed by atoms with Gasteiger partial charge < -0.3 is 14.7 Å². The highest BCUT2D eigenvalue weighted by molar-refractivity contribution is 6.29. The largest absolute Gasteiger partial charge is 0.415 e. The van der Waals surface area contributed by atoms with Crippen LogP contribution in [-0.2, 0) is 4.74 Å². The van der Waals surface area contributed by atoms with Crippen molar-refractivity contribution in [1.82, 2.24) is 4.98 Å². The van der Waals surface area contributed by atoms with Crippen LogP contribution in [0, 0.1) is 17.8 Å². The van der Waals surface area contributed by atoms with Crippen LogP contribution in [0.4, 0.5) is 18.9 Å². The van der Waals surface area contributed by atoms with Crippen LogP contribution in [0.1, 0.15) is 31.7 Å². The van der Waals surface area contributed by atoms with E-state index in [2.05, 4.69) is 16.8 Å². The predicted octanol–water partition coefficient (Wildman–Crippen LogP) is 3.41. The Bertz CT molecular complexity index is 717. The Balaban J connectivity index is 1.84. The second kappa shape index (κ2) is 7.26. The van der Waals surface area contributed by atoms with E-state index in [1.807, 2.05) is 4.90 Å². The summed E-state index contributed by atoms with van der Waals surface area (Å²) in [4.78, 5) is 6.04. The monoisotopic (exact) mass is 388 g/mol. The fraction of sp³-hybridized carbons (Fsp3) is 0.611. The first-order valence-electron chi connectivity index (χ1n) is 8.48. The molecule has 0 amide bonds. The molecule has 4 nitrogen and oxygen atoms in total. The van der Waals surface area contributed by atoms with Crippen LogP contribution in [0.2, 0.25) is 5.15 Å². The van der Waals surface area contributed by atoms with E-state index in [-0.39, 0.29) is 13.0 Å². The summed E-state index contributed by atoms with van der Waals surface area (Å²) >= 11 is 6.00. The van der Waals surface area contributed by atoms with Crippen LogP contribution in [0.15, 0.2) is 12.3 Å². The summed E-state index contributed by atoms with van der Waals surface area (Å²) in [5.74, 6) is 4.67. The number of alkyl halides is 3. The number of rotatable bonds is 1. The predicted molar refractivity (Wildman–Crippen MR) is 92.1 cm³/mol. The third kappa shape index (κ3) is 4.43. The molecule has 8 heteroatoms. The highest BCUT2D eigenvalue weighted by atomic mass is 35.5. The number of nitrogens with zero attached hydrogens (tertiary/aromatic N) is 2. The van der Waals surface area contributed by atoms with E-state index in [1.54, 1.807) is 13.0 Å². The van der Waals surface area contributed by atoms with Crippen molar-refractivity contribution in [3.63, 3.8) is 0 Å². The lowest BCUT2D eigenvalue weighted by Gasteiger charge is -2.37. The van der Waals surface area contributed by atoms with E-state index < -0.39 is 23.8 Å². The number of pyridine rings is 1. The summed E-state index contributed by atoms with van der Waals surface area (Å²) < 4.78 is 43.7. The number of halogens is 4. The quantitative estimate of drug-likeness (QED) is 0.591. The second-order valence-corrected chi connectivity index (χ2v) is 7.39. The van der Waals surface area contributed by atoms with E-state index in [1.165, 1.54) is 6.20 Å². The molecule has 0 saturated carbocycles. The van der Waals surface area contributed by atoms with Gasteiger partial charge in [0.1, 0.15) is 5.15 Å². The van der Waals surface area contributed by atoms with Gasteiger partial charge in [0.2, 0.25) is 0 Å². The number of ether oxygens (including phenoxy) is 1. The smallest absolute Gasteiger partial charge is 0.390 e. The fourth-order valence-electron chi connectivity index (χ4n) is 3.24. The summed E-state index contributed by atoms with van der Waals surface area (Å²) in [6.45, 7) is 3.07. The molecule has 2 saturated heterocycles. The van der Waals surface area contributed by atoms with E-state index in [0.717, 1.165) is 5.69 Å². The maximum Gasteiger partial charge on any atom is 0.415 e. The van der Waals surface area contributed by atoms with Crippen molar-refractivity contribution in [3.8, 4) is 11.8 Å². The summed E-state index contributed by atoms with van der Waals surface area (Å²) in [7, 11) is 0. The molecule has 2 fully saturated rings. The molecule has 1 N–H and O–H groups in total. The summed E-state index contributed by atoms with van der Waals surface area (Å²) in [6, 6.07) is 1.66. The summed E-state index contributed by atoms with van der Waals surface area (Å²) in [6.07, 6.45) is -3.35. The molecular formula is C18H20ClF3N2O2. The minimum absolute atomic E-state index is 0.0520. The molecule has 26 heavy (non-hydrogen) atoms. The average Bonchev–Trinajstić information content (AvgIpc) is 3.02. The van der Waals surface area contributed by atoms with Crippen LogP contribution in [0.3, 0.4) is 0 Å². The minimum atomic E-state index is -4.42. The van der Waals surface area contributed by atoms with E-state index in [9.17, 15) is 18.3 Å². The number of anilines is 1. The molecule has 3 heterocycles. The first-order chi connectivity index (χ1) is 12.2. The zero-order chi connectivity index (χ0) is 18.9. The Labute approximate surface area is 155 Å². The van der Waals surface area contributed by atoms with Crippen molar-refractivity contribution in [1.29, 1.82) is 0 Å². The fourth-order valence-corrected chi connectivity index (χ4v) is 3.39. The number of aliphatic hydroxyl groups is 1. The highest BCUT2D eigenvalue weighted by Crippen LogP contribution is 2.35. The van der Waals surface area contributed by atoms with Gasteiger partial charge in [-0.25, -0.2) is 4.98 Å². The topological polar surface area (TPSA) is 45.6 Å². The molecule has 0 aliphatic carbocycles. The normalized spacial score (nSPS) is 25.7. The lowest BCUT2D eigenvalue weighted by atomic mass is 9.93. The Morgan fingerprint density at radius 3 is 2.73 bits per heavy atom. The lowest BCUT2D eigenvalue weighted by molar-refractivity contribution is -0.212. The SMILES string of the molecule is CC1(O)CCN(c2cc(Cl)ncc2C#C[C@H]2CCO[C@H]2C(F)(F)F)CC1. The van der Waals surface area contributed by atoms with Crippen LogP contribution < -0.4 is 4.90 Å². The Hall–Kier alpha value is -1.49. The first kappa shape index (κ1) is 19.3. The van der Waals surface area contributed by atoms with Gasteiger partial charge in [-0.1, -0.05) is 23.4 Å². The number of aromatic nitrogens is 1. The molecule has 0 unspecified atom stereocenters. The average molecular weight is 389 g/mol. The lowest BCUT2D eigenvalue weighted by Crippen LogP contribution is -2.42. The van der Waals surface area contributed by atoms with Crippen molar-refractivity contribution < 1.29 is 23.0 Å². The van der Waals surface area contributed by atoms with E-state index >= 15 is 0 Å². The van der Waals surface area contributed by atoms with Crippen LogP contribution in [-0.4, -0.2) is 47.7 Å². The molecule has 2 aliphatic heterocycles. The van der Waals surface area contributed by atoms with Crippen molar-refractivity contribution in [3.05, 3.63) is 23.0 Å². The molecule has 0 radical (unpaired) electrons. The summed E-state index contributed by atoms with van der Waals surface area (Å²) in [5, 5.41) is 10.4. The van der Waals surface area contributed by atoms with Crippen LogP contribution in [0.25, 0.3) is 0 Å². The van der Waals surface area contributed by atoms with Gasteiger partial charge in [-0.05, 0) is 26.2 Å². The minimum Gasteiger partial charge on any atom is -0.390 e. The van der Waals surface area contributed by atoms with Gasteiger partial charge in [0, 0.05) is 32.0 Å². The maximum atomic E-state index is 13.0. The Morgan fingerprint density at radius 2 is 2.08 bits per heavy atom. The number of piperidine rings is 1. The third-order valence-corrected chi connectivity index (χ3v) is 5.04. The highest BCUT2D eigenvalue weighted by Gasteiger charge is 2.48. The maximum absolute atomic E-state index is 13.0. The van der Waals surface area contributed by atoms with Crippen molar-refractivity contribution in [2.45, 2.75) is 44.1 Å². The molecule has 1 aromatic heterocycles. The molecule has 142 valence electrons. The van der Waals surface area contributed by atoms with E-state index in [0.29, 0.717) is 36.6 Å². The molecule has 0 bridgehead atoms. The van der Waals surface area contributed by atoms with Gasteiger partial charge in [-0.2, -0.15) is 13.2 Å². The molecule has 2 aliphatic rings. The Morgan fingerprint density at radius 1 is 1.38 bits per heavy atom. The van der Waals surface area contributed by atoms with Crippen LogP contribution in [0.5, 0.6) is 0 Å². The van der Waals surface area contributed by atoms with Crippen molar-refractivity contribution in [2.24, 2.45) is 5.92 Å². The zero-order valence-corrected chi connectivity index (χ0v) is 15.1. The van der Waals surface area contributed by atoms with Crippen molar-refractivity contribution >= 4 is 17.3 Å². The first-order valence-corrected chi connectivity index (χ1v) is 8.86. The zero-order valence-electron chi connectivity index (χ0n) is 14.3. The second-order valence-electron chi connectivity index (χ2n) is 7.01. The Kier molecular flexibility index (Phi) is 5.38. The van der Waals surface area contributed by atoms with E-state index in [4.69, 9.17) is 16.3 Å². The van der Waals surface area contributed by atoms with Crippen molar-refractivity contribution in [2.75, 3.05) is 24.6 Å². The molecule has 0 aromatic carbocycles. The van der Waals surface area contributed by atoms with Gasteiger partial charge in [0.15, 0.2) is 6.10 Å². The number of hydrogen-bond acceptors (Lipinski definition) is 4. The molecule has 2 atom stereocenters. The molecule has 1 aromatic rings. The molecular weight excluding hydrogens is 369 g/mol. The van der Waals surface area contributed by atoms with Crippen LogP contribution >= 0.6 is 11.6 Å². The standard InChI is InChI=1S/C18H20ClF3N2O2/c1-17(25)5-7-24(8-6-17)14-10-15(19)23-11-13(14)3-2-12-4-9-26-16(12)18(20,21)22/h10-12,16,25H,4-9H2,1H3/t12-,16+/m0/s1. The van der Waals surface area contributed by atoms with Gasteiger partial charge in [0.05, 0.1) is 22.8 Å². The van der Waals surface area contributed by atoms with Gasteiger partial charge in [-0.15, -0.1) is 0 Å². The molecule has 3 rings (SSSR count). The van der Waals surface area contributed by atoms with Gasteiger partial charge in [0.25, 0.3) is 0 Å². The van der Waals surface area contributed by atoms with Gasteiger partial charge in [-0.3, -0.25) is 0 Å². The van der Waals surface area contributed by atoms with Gasteiger partial charge >= 0.3 is 6.18 Å². The summed E-state index contributed by atoms with van der Waals surface area (Å²) in [5.41, 5.74) is 0.555.